The summed E-state index contributed by atoms with van der Waals surface area (Å²) < 4.78 is 5.95. The van der Waals surface area contributed by atoms with Crippen LogP contribution in [0.4, 0.5) is 0 Å². The third-order valence-electron chi connectivity index (χ3n) is 5.61. The summed E-state index contributed by atoms with van der Waals surface area (Å²) in [6.45, 7) is 0.788. The summed E-state index contributed by atoms with van der Waals surface area (Å²) in [6.07, 6.45) is 7.45. The summed E-state index contributed by atoms with van der Waals surface area (Å²) in [6, 6.07) is 8.53. The van der Waals surface area contributed by atoms with Gasteiger partial charge < -0.3 is 4.74 Å². The number of hydrogen-bond acceptors (Lipinski definition) is 2. The van der Waals surface area contributed by atoms with Crippen molar-refractivity contribution < 1.29 is 9.53 Å². The largest absolute Gasteiger partial charge is 0.375 e. The molecule has 0 radical (unpaired) electrons. The number of carbonyl (C=O) groups excluding carboxylic acids is 1. The molecule has 0 bridgehead atoms. The highest BCUT2D eigenvalue weighted by atomic mass is 16.5. The first-order valence-electron chi connectivity index (χ1n) is 8.00. The van der Waals surface area contributed by atoms with Crippen molar-refractivity contribution >= 4 is 5.78 Å². The highest BCUT2D eigenvalue weighted by Gasteiger charge is 2.45. The van der Waals surface area contributed by atoms with Gasteiger partial charge in [-0.15, -0.1) is 0 Å². The fourth-order valence-electron chi connectivity index (χ4n) is 4.28. The molecule has 2 fully saturated rings. The van der Waals surface area contributed by atoms with E-state index in [1.807, 2.05) is 0 Å². The maximum atomic E-state index is 12.8. The van der Waals surface area contributed by atoms with E-state index in [9.17, 15) is 4.79 Å². The average molecular weight is 270 g/mol. The number of rotatable bonds is 2. The van der Waals surface area contributed by atoms with E-state index in [4.69, 9.17) is 4.74 Å². The monoisotopic (exact) mass is 270 g/mol. The number of Topliss-reactive ketones (excluding diaryl/α,β-unsaturated/α-hetero) is 1. The van der Waals surface area contributed by atoms with Gasteiger partial charge in [0.15, 0.2) is 0 Å². The van der Waals surface area contributed by atoms with Crippen LogP contribution in [0.25, 0.3) is 0 Å². The highest BCUT2D eigenvalue weighted by Crippen LogP contribution is 2.45. The van der Waals surface area contributed by atoms with Crippen LogP contribution in [0.15, 0.2) is 24.3 Å². The molecule has 106 valence electrons. The topological polar surface area (TPSA) is 26.3 Å². The van der Waals surface area contributed by atoms with E-state index in [1.54, 1.807) is 0 Å². The number of ether oxygens (including phenoxy) is 1. The van der Waals surface area contributed by atoms with Crippen molar-refractivity contribution in [2.24, 2.45) is 11.8 Å². The lowest BCUT2D eigenvalue weighted by molar-refractivity contribution is -0.157. The van der Waals surface area contributed by atoms with Gasteiger partial charge in [0.25, 0.3) is 0 Å². The number of carbonyl (C=O) groups is 1. The maximum Gasteiger partial charge on any atom is 0.139 e. The third-order valence-corrected chi connectivity index (χ3v) is 5.61. The first kappa shape index (κ1) is 12.6. The average Bonchev–Trinajstić information content (AvgIpc) is 2.89. The van der Waals surface area contributed by atoms with E-state index in [1.165, 1.54) is 30.4 Å². The predicted molar refractivity (Wildman–Crippen MR) is 77.6 cm³/mol. The van der Waals surface area contributed by atoms with Crippen LogP contribution in [0.5, 0.6) is 0 Å². The van der Waals surface area contributed by atoms with E-state index in [0.717, 1.165) is 32.3 Å². The molecule has 1 atom stereocenters. The fourth-order valence-corrected chi connectivity index (χ4v) is 4.28. The van der Waals surface area contributed by atoms with Crippen LogP contribution in [-0.4, -0.2) is 18.0 Å². The molecule has 1 aromatic rings. The Balaban J connectivity index is 1.46. The van der Waals surface area contributed by atoms with Gasteiger partial charge in [-0.25, -0.2) is 0 Å². The quantitative estimate of drug-likeness (QED) is 0.824. The number of fused-ring (bicyclic) bond motifs is 1. The minimum Gasteiger partial charge on any atom is -0.375 e. The summed E-state index contributed by atoms with van der Waals surface area (Å²) in [5, 5.41) is 0. The summed E-state index contributed by atoms with van der Waals surface area (Å²) >= 11 is 0. The van der Waals surface area contributed by atoms with E-state index in [2.05, 4.69) is 24.3 Å². The standard InChI is InChI=1S/C18H22O2/c19-17(15-6-9-20-18(12-15)7-3-8-18)16-10-13-4-1-2-5-14(13)11-16/h1-2,4-5,15-16H,3,6-12H2. The van der Waals surface area contributed by atoms with E-state index in [-0.39, 0.29) is 17.4 Å². The predicted octanol–water partition coefficient (Wildman–Crippen LogP) is 3.32. The Morgan fingerprint density at radius 2 is 1.80 bits per heavy atom. The van der Waals surface area contributed by atoms with Crippen molar-refractivity contribution in [3.05, 3.63) is 35.4 Å². The van der Waals surface area contributed by atoms with Gasteiger partial charge >= 0.3 is 0 Å². The summed E-state index contributed by atoms with van der Waals surface area (Å²) in [4.78, 5) is 12.8. The van der Waals surface area contributed by atoms with Crippen molar-refractivity contribution in [2.75, 3.05) is 6.61 Å². The van der Waals surface area contributed by atoms with Crippen LogP contribution in [0, 0.1) is 11.8 Å². The van der Waals surface area contributed by atoms with E-state index >= 15 is 0 Å². The first-order chi connectivity index (χ1) is 9.76. The van der Waals surface area contributed by atoms with E-state index in [0.29, 0.717) is 5.78 Å². The minimum absolute atomic E-state index is 0.0873. The summed E-state index contributed by atoms with van der Waals surface area (Å²) in [5.74, 6) is 0.992. The van der Waals surface area contributed by atoms with Crippen LogP contribution in [0.3, 0.4) is 0 Å². The van der Waals surface area contributed by atoms with Gasteiger partial charge in [-0.1, -0.05) is 24.3 Å². The van der Waals surface area contributed by atoms with Crippen molar-refractivity contribution in [1.82, 2.24) is 0 Å². The molecule has 3 aliphatic rings. The van der Waals surface area contributed by atoms with Crippen LogP contribution in [0.2, 0.25) is 0 Å². The third kappa shape index (κ3) is 2.01. The molecule has 2 nitrogen and oxygen atoms in total. The van der Waals surface area contributed by atoms with Gasteiger partial charge in [-0.2, -0.15) is 0 Å². The van der Waals surface area contributed by atoms with Crippen molar-refractivity contribution in [1.29, 1.82) is 0 Å². The molecule has 20 heavy (non-hydrogen) atoms. The van der Waals surface area contributed by atoms with Crippen LogP contribution in [-0.2, 0) is 22.4 Å². The van der Waals surface area contributed by atoms with Crippen LogP contribution >= 0.6 is 0 Å². The zero-order chi connectivity index (χ0) is 13.6. The highest BCUT2D eigenvalue weighted by molar-refractivity contribution is 5.85. The zero-order valence-corrected chi connectivity index (χ0v) is 11.9. The molecule has 2 heteroatoms. The molecule has 2 aliphatic carbocycles. The molecule has 1 aromatic carbocycles. The number of ketones is 1. The van der Waals surface area contributed by atoms with Gasteiger partial charge in [0.05, 0.1) is 5.60 Å². The lowest BCUT2D eigenvalue weighted by atomic mass is 9.70. The molecule has 0 aromatic heterocycles. The van der Waals surface area contributed by atoms with Crippen molar-refractivity contribution in [2.45, 2.75) is 50.5 Å². The SMILES string of the molecule is O=C(C1Cc2ccccc2C1)C1CCOC2(CCC2)C1. The van der Waals surface area contributed by atoms with Gasteiger partial charge in [-0.05, 0) is 56.1 Å². The van der Waals surface area contributed by atoms with Gasteiger partial charge in [0, 0.05) is 18.4 Å². The fraction of sp³-hybridized carbons (Fsp3) is 0.611. The Hall–Kier alpha value is -1.15. The Morgan fingerprint density at radius 3 is 2.40 bits per heavy atom. The first-order valence-corrected chi connectivity index (χ1v) is 8.00. The molecule has 1 aliphatic heterocycles. The Bertz CT molecular complexity index is 505. The normalized spacial score (nSPS) is 28.1. The molecule has 1 spiro atoms. The van der Waals surface area contributed by atoms with Crippen molar-refractivity contribution in [3.8, 4) is 0 Å². The van der Waals surface area contributed by atoms with Crippen LogP contribution < -0.4 is 0 Å². The second-order valence-electron chi connectivity index (χ2n) is 6.85. The maximum absolute atomic E-state index is 12.8. The molecule has 1 saturated heterocycles. The molecular weight excluding hydrogens is 248 g/mol. The molecular formula is C18H22O2. The van der Waals surface area contributed by atoms with E-state index < -0.39 is 0 Å². The van der Waals surface area contributed by atoms with Gasteiger partial charge in [-0.3, -0.25) is 4.79 Å². The Kier molecular flexibility index (Phi) is 2.95. The Morgan fingerprint density at radius 1 is 1.10 bits per heavy atom. The second-order valence-corrected chi connectivity index (χ2v) is 6.85. The lowest BCUT2D eigenvalue weighted by Gasteiger charge is -2.47. The van der Waals surface area contributed by atoms with Gasteiger partial charge in [0.2, 0.25) is 0 Å². The number of hydrogen-bond donors (Lipinski definition) is 0. The molecule has 0 amide bonds. The Labute approximate surface area is 120 Å². The molecule has 1 unspecified atom stereocenters. The summed E-state index contributed by atoms with van der Waals surface area (Å²) in [5.41, 5.74) is 2.86. The van der Waals surface area contributed by atoms with Gasteiger partial charge in [0.1, 0.15) is 5.78 Å². The molecule has 1 heterocycles. The molecule has 1 saturated carbocycles. The minimum atomic E-state index is 0.0873. The van der Waals surface area contributed by atoms with Crippen LogP contribution in [0.1, 0.15) is 43.2 Å². The molecule has 4 rings (SSSR count). The molecule has 0 N–H and O–H groups in total. The zero-order valence-electron chi connectivity index (χ0n) is 11.9. The summed E-state index contributed by atoms with van der Waals surface area (Å²) in [7, 11) is 0. The lowest BCUT2D eigenvalue weighted by Crippen LogP contribution is -2.47. The van der Waals surface area contributed by atoms with Crippen molar-refractivity contribution in [3.63, 3.8) is 0 Å². The second kappa shape index (κ2) is 4.70. The number of benzene rings is 1. The smallest absolute Gasteiger partial charge is 0.139 e.